The van der Waals surface area contributed by atoms with Crippen molar-refractivity contribution in [3.8, 4) is 0 Å². The lowest BCUT2D eigenvalue weighted by molar-refractivity contribution is -0.116. The van der Waals surface area contributed by atoms with Crippen LogP contribution in [-0.2, 0) is 4.79 Å². The Morgan fingerprint density at radius 2 is 2.21 bits per heavy atom. The first-order valence-corrected chi connectivity index (χ1v) is 6.30. The van der Waals surface area contributed by atoms with Gasteiger partial charge >= 0.3 is 0 Å². The Bertz CT molecular complexity index is 562. The molecular weight excluding hydrogens is 240 g/mol. The molecule has 100 valence electrons. The minimum absolute atomic E-state index is 0.0254. The van der Waals surface area contributed by atoms with Crippen LogP contribution in [0.15, 0.2) is 30.5 Å². The number of pyridine rings is 1. The summed E-state index contributed by atoms with van der Waals surface area (Å²) < 4.78 is 1.88. The van der Waals surface area contributed by atoms with Crippen LogP contribution in [0.3, 0.4) is 0 Å². The lowest BCUT2D eigenvalue weighted by Gasteiger charge is -2.13. The smallest absolute Gasteiger partial charge is 0.227 e. The summed E-state index contributed by atoms with van der Waals surface area (Å²) in [5, 5.41) is 7.17. The molecule has 5 heteroatoms. The van der Waals surface area contributed by atoms with Crippen molar-refractivity contribution in [2.24, 2.45) is 0 Å². The van der Waals surface area contributed by atoms with Gasteiger partial charge in [0, 0.05) is 18.3 Å². The summed E-state index contributed by atoms with van der Waals surface area (Å²) in [5.41, 5.74) is 2.03. The molecule has 0 aromatic carbocycles. The minimum Gasteiger partial charge on any atom is -0.311 e. The second kappa shape index (κ2) is 5.65. The fourth-order valence-electron chi connectivity index (χ4n) is 2.08. The SMILES string of the molecule is Cc1cc(C)n([C@H](C)CC(=O)Nc2ccccn2)n1. The summed E-state index contributed by atoms with van der Waals surface area (Å²) >= 11 is 0. The number of aromatic nitrogens is 3. The fourth-order valence-corrected chi connectivity index (χ4v) is 2.08. The van der Waals surface area contributed by atoms with Crippen LogP contribution in [-0.4, -0.2) is 20.7 Å². The predicted octanol–water partition coefficient (Wildman–Crippen LogP) is 2.48. The summed E-state index contributed by atoms with van der Waals surface area (Å²) in [6.07, 6.45) is 2.03. The molecule has 0 aliphatic carbocycles. The lowest BCUT2D eigenvalue weighted by atomic mass is 10.2. The molecule has 0 radical (unpaired) electrons. The number of hydrogen-bond donors (Lipinski definition) is 1. The second-order valence-corrected chi connectivity index (χ2v) is 4.69. The average Bonchev–Trinajstić information content (AvgIpc) is 2.69. The second-order valence-electron chi connectivity index (χ2n) is 4.69. The van der Waals surface area contributed by atoms with E-state index in [9.17, 15) is 4.79 Å². The van der Waals surface area contributed by atoms with Gasteiger partial charge in [-0.2, -0.15) is 5.10 Å². The van der Waals surface area contributed by atoms with Crippen LogP contribution in [0.5, 0.6) is 0 Å². The standard InChI is InChI=1S/C14H18N4O/c1-10-8-11(2)18(17-10)12(3)9-14(19)16-13-6-4-5-7-15-13/h4-8,12H,9H2,1-3H3,(H,15,16,19)/t12-/m1/s1. The number of amides is 1. The Labute approximate surface area is 112 Å². The van der Waals surface area contributed by atoms with Crippen LogP contribution in [0.4, 0.5) is 5.82 Å². The maximum absolute atomic E-state index is 11.9. The third kappa shape index (κ3) is 3.40. The van der Waals surface area contributed by atoms with Gasteiger partial charge in [-0.15, -0.1) is 0 Å². The Morgan fingerprint density at radius 1 is 1.42 bits per heavy atom. The van der Waals surface area contributed by atoms with Crippen LogP contribution >= 0.6 is 0 Å². The van der Waals surface area contributed by atoms with E-state index in [4.69, 9.17) is 0 Å². The molecule has 0 unspecified atom stereocenters. The van der Waals surface area contributed by atoms with Gasteiger partial charge in [0.15, 0.2) is 0 Å². The zero-order valence-electron chi connectivity index (χ0n) is 11.4. The summed E-state index contributed by atoms with van der Waals surface area (Å²) in [6, 6.07) is 7.46. The molecule has 0 saturated heterocycles. The molecule has 1 atom stereocenters. The zero-order chi connectivity index (χ0) is 13.8. The van der Waals surface area contributed by atoms with E-state index in [2.05, 4.69) is 15.4 Å². The van der Waals surface area contributed by atoms with E-state index in [0.717, 1.165) is 11.4 Å². The van der Waals surface area contributed by atoms with E-state index in [0.29, 0.717) is 12.2 Å². The maximum atomic E-state index is 11.9. The number of hydrogen-bond acceptors (Lipinski definition) is 3. The number of aryl methyl sites for hydroxylation is 2. The highest BCUT2D eigenvalue weighted by Gasteiger charge is 2.14. The normalized spacial score (nSPS) is 12.2. The zero-order valence-corrected chi connectivity index (χ0v) is 11.4. The molecule has 2 rings (SSSR count). The average molecular weight is 258 g/mol. The molecule has 0 aliphatic rings. The predicted molar refractivity (Wildman–Crippen MR) is 73.9 cm³/mol. The molecule has 0 saturated carbocycles. The van der Waals surface area contributed by atoms with Crippen LogP contribution in [0.25, 0.3) is 0 Å². The molecule has 0 bridgehead atoms. The molecule has 0 spiro atoms. The van der Waals surface area contributed by atoms with Crippen LogP contribution in [0, 0.1) is 13.8 Å². The first-order chi connectivity index (χ1) is 9.06. The Kier molecular flexibility index (Phi) is 3.94. The molecule has 2 aromatic heterocycles. The van der Waals surface area contributed by atoms with Gasteiger partial charge in [0.05, 0.1) is 11.7 Å². The molecule has 0 fully saturated rings. The number of nitrogens with zero attached hydrogens (tertiary/aromatic N) is 3. The number of carbonyl (C=O) groups excluding carboxylic acids is 1. The van der Waals surface area contributed by atoms with Gasteiger partial charge in [0.1, 0.15) is 5.82 Å². The highest BCUT2D eigenvalue weighted by atomic mass is 16.1. The number of rotatable bonds is 4. The van der Waals surface area contributed by atoms with E-state index >= 15 is 0 Å². The van der Waals surface area contributed by atoms with Gasteiger partial charge in [-0.25, -0.2) is 4.98 Å². The minimum atomic E-state index is -0.0567. The largest absolute Gasteiger partial charge is 0.311 e. The molecule has 2 heterocycles. The van der Waals surface area contributed by atoms with Crippen molar-refractivity contribution in [2.45, 2.75) is 33.2 Å². The van der Waals surface area contributed by atoms with Crippen molar-refractivity contribution in [2.75, 3.05) is 5.32 Å². The van der Waals surface area contributed by atoms with Crippen LogP contribution < -0.4 is 5.32 Å². The summed E-state index contributed by atoms with van der Waals surface area (Å²) in [5.74, 6) is 0.520. The van der Waals surface area contributed by atoms with Gasteiger partial charge in [-0.05, 0) is 39.0 Å². The topological polar surface area (TPSA) is 59.8 Å². The van der Waals surface area contributed by atoms with Gasteiger partial charge in [0.25, 0.3) is 0 Å². The first-order valence-electron chi connectivity index (χ1n) is 6.30. The summed E-state index contributed by atoms with van der Waals surface area (Å²) in [7, 11) is 0. The highest BCUT2D eigenvalue weighted by Crippen LogP contribution is 2.15. The lowest BCUT2D eigenvalue weighted by Crippen LogP contribution is -2.19. The Hall–Kier alpha value is -2.17. The van der Waals surface area contributed by atoms with Crippen molar-refractivity contribution < 1.29 is 4.79 Å². The summed E-state index contributed by atoms with van der Waals surface area (Å²) in [6.45, 7) is 5.93. The molecule has 5 nitrogen and oxygen atoms in total. The number of nitrogens with one attached hydrogen (secondary N) is 1. The van der Waals surface area contributed by atoms with Gasteiger partial charge < -0.3 is 5.32 Å². The van der Waals surface area contributed by atoms with Crippen LogP contribution in [0.1, 0.15) is 30.8 Å². The van der Waals surface area contributed by atoms with Crippen molar-refractivity contribution in [3.05, 3.63) is 41.9 Å². The van der Waals surface area contributed by atoms with Gasteiger partial charge in [-0.1, -0.05) is 6.07 Å². The van der Waals surface area contributed by atoms with E-state index in [1.54, 1.807) is 12.3 Å². The molecule has 2 aromatic rings. The van der Waals surface area contributed by atoms with E-state index in [1.807, 2.05) is 43.7 Å². The van der Waals surface area contributed by atoms with Gasteiger partial charge in [0.2, 0.25) is 5.91 Å². The Balaban J connectivity index is 1.97. The summed E-state index contributed by atoms with van der Waals surface area (Å²) in [4.78, 5) is 16.0. The van der Waals surface area contributed by atoms with Gasteiger partial charge in [-0.3, -0.25) is 9.48 Å². The monoisotopic (exact) mass is 258 g/mol. The van der Waals surface area contributed by atoms with Crippen molar-refractivity contribution in [1.29, 1.82) is 0 Å². The quantitative estimate of drug-likeness (QED) is 0.916. The number of anilines is 1. The molecule has 1 N–H and O–H groups in total. The van der Waals surface area contributed by atoms with Crippen LogP contribution in [0.2, 0.25) is 0 Å². The first kappa shape index (κ1) is 13.3. The molecule has 1 amide bonds. The third-order valence-electron chi connectivity index (χ3n) is 2.88. The van der Waals surface area contributed by atoms with Crippen molar-refractivity contribution in [3.63, 3.8) is 0 Å². The molecule has 0 aliphatic heterocycles. The molecule has 19 heavy (non-hydrogen) atoms. The van der Waals surface area contributed by atoms with Crippen molar-refractivity contribution >= 4 is 11.7 Å². The van der Waals surface area contributed by atoms with E-state index < -0.39 is 0 Å². The van der Waals surface area contributed by atoms with E-state index in [1.165, 1.54) is 0 Å². The third-order valence-corrected chi connectivity index (χ3v) is 2.88. The van der Waals surface area contributed by atoms with E-state index in [-0.39, 0.29) is 11.9 Å². The molecular formula is C14H18N4O. The highest BCUT2D eigenvalue weighted by molar-refractivity contribution is 5.89. The number of carbonyl (C=O) groups is 1. The Morgan fingerprint density at radius 3 is 2.79 bits per heavy atom. The van der Waals surface area contributed by atoms with Crippen molar-refractivity contribution in [1.82, 2.24) is 14.8 Å². The fraction of sp³-hybridized carbons (Fsp3) is 0.357. The maximum Gasteiger partial charge on any atom is 0.227 e.